The molecule has 0 bridgehead atoms. The smallest absolute Gasteiger partial charge is 0.338 e. The number of thioether (sulfide) groups is 1. The van der Waals surface area contributed by atoms with Gasteiger partial charge in [0.1, 0.15) is 11.8 Å². The van der Waals surface area contributed by atoms with Gasteiger partial charge in [-0.25, -0.2) is 9.79 Å². The van der Waals surface area contributed by atoms with Crippen molar-refractivity contribution < 1.29 is 19.1 Å². The highest BCUT2D eigenvalue weighted by molar-refractivity contribution is 8.14. The Morgan fingerprint density at radius 2 is 1.85 bits per heavy atom. The van der Waals surface area contributed by atoms with Crippen LogP contribution in [0.1, 0.15) is 43.5 Å². The average Bonchev–Trinajstić information content (AvgIpc) is 2.80. The van der Waals surface area contributed by atoms with Gasteiger partial charge in [0.15, 0.2) is 5.17 Å². The Hall–Kier alpha value is -3.26. The van der Waals surface area contributed by atoms with Crippen LogP contribution in [0.25, 0.3) is 0 Å². The minimum absolute atomic E-state index is 0.134. The van der Waals surface area contributed by atoms with Crippen LogP contribution in [0.5, 0.6) is 5.75 Å². The number of rotatable bonds is 8. The van der Waals surface area contributed by atoms with E-state index in [1.54, 1.807) is 6.92 Å². The molecule has 0 radical (unpaired) electrons. The lowest BCUT2D eigenvalue weighted by molar-refractivity contribution is -0.139. The summed E-state index contributed by atoms with van der Waals surface area (Å²) in [5.74, 6) is 0.267. The number of allylic oxidation sites excluding steroid dienone is 1. The lowest BCUT2D eigenvalue weighted by Gasteiger charge is -2.26. The molecule has 2 aromatic carbocycles. The van der Waals surface area contributed by atoms with Gasteiger partial charge in [0.05, 0.1) is 24.5 Å². The number of ether oxygens (including phenoxy) is 2. The van der Waals surface area contributed by atoms with Gasteiger partial charge in [0.2, 0.25) is 5.91 Å². The van der Waals surface area contributed by atoms with Gasteiger partial charge >= 0.3 is 5.97 Å². The number of carbonyl (C=O) groups excluding carboxylic acids is 2. The predicted octanol–water partition coefficient (Wildman–Crippen LogP) is 4.91. The summed E-state index contributed by atoms with van der Waals surface area (Å²) in [5.41, 5.74) is 4.78. The number of benzene rings is 2. The van der Waals surface area contributed by atoms with E-state index in [1.807, 2.05) is 70.2 Å². The van der Waals surface area contributed by atoms with E-state index in [0.717, 1.165) is 22.4 Å². The Balaban J connectivity index is 1.82. The van der Waals surface area contributed by atoms with Crippen molar-refractivity contribution in [3.05, 3.63) is 70.4 Å². The highest BCUT2D eigenvalue weighted by atomic mass is 32.2. The summed E-state index contributed by atoms with van der Waals surface area (Å²) >= 11 is 1.28. The number of esters is 1. The molecule has 0 spiro atoms. The summed E-state index contributed by atoms with van der Waals surface area (Å²) < 4.78 is 11.1. The zero-order chi connectivity index (χ0) is 24.7. The van der Waals surface area contributed by atoms with Crippen molar-refractivity contribution in [3.63, 3.8) is 0 Å². The van der Waals surface area contributed by atoms with Crippen molar-refractivity contribution in [2.75, 3.05) is 24.3 Å². The van der Waals surface area contributed by atoms with Crippen LogP contribution >= 0.6 is 11.8 Å². The summed E-state index contributed by atoms with van der Waals surface area (Å²) in [5, 5.41) is 6.67. The maximum Gasteiger partial charge on any atom is 0.338 e. The normalized spacial score (nSPS) is 15.3. The Bertz CT molecular complexity index is 1130. The van der Waals surface area contributed by atoms with E-state index in [9.17, 15) is 9.59 Å². The molecule has 0 fully saturated rings. The number of anilines is 1. The van der Waals surface area contributed by atoms with Crippen LogP contribution in [0.4, 0.5) is 5.69 Å². The van der Waals surface area contributed by atoms with Crippen molar-refractivity contribution in [3.8, 4) is 5.75 Å². The monoisotopic (exact) mass is 481 g/mol. The molecule has 3 rings (SSSR count). The zero-order valence-electron chi connectivity index (χ0n) is 20.2. The molecular formula is C26H31N3O4S. The molecular weight excluding hydrogens is 450 g/mol. The summed E-state index contributed by atoms with van der Waals surface area (Å²) in [6.45, 7) is 10.2. The van der Waals surface area contributed by atoms with Crippen molar-refractivity contribution in [1.82, 2.24) is 5.32 Å². The standard InChI is InChI=1S/C26H31N3O4S/c1-6-32-21-11-9-8-10-19(21)24-23(25(31)33-7-2)18(5)27-26(29-24)34-15-22(30)28-20-13-12-16(3)14-17(20)4/h8-14,24H,6-7,15H2,1-5H3,(H,27,29)(H,28,30)/t24-/m1/s1. The molecule has 0 saturated carbocycles. The second-order valence-electron chi connectivity index (χ2n) is 7.85. The van der Waals surface area contributed by atoms with E-state index in [-0.39, 0.29) is 18.3 Å². The second-order valence-corrected chi connectivity index (χ2v) is 8.81. The van der Waals surface area contributed by atoms with Crippen LogP contribution in [0, 0.1) is 13.8 Å². The quantitative estimate of drug-likeness (QED) is 0.521. The van der Waals surface area contributed by atoms with Gasteiger partial charge < -0.3 is 20.1 Å². The van der Waals surface area contributed by atoms with Crippen molar-refractivity contribution in [1.29, 1.82) is 0 Å². The van der Waals surface area contributed by atoms with Crippen LogP contribution in [0.15, 0.2) is 58.7 Å². The lowest BCUT2D eigenvalue weighted by atomic mass is 9.96. The Labute approximate surface area is 205 Å². The van der Waals surface area contributed by atoms with Gasteiger partial charge in [-0.1, -0.05) is 47.7 Å². The Morgan fingerprint density at radius 1 is 1.09 bits per heavy atom. The first kappa shape index (κ1) is 25.4. The molecule has 7 nitrogen and oxygen atoms in total. The molecule has 1 aliphatic rings. The number of amidine groups is 1. The molecule has 1 atom stereocenters. The van der Waals surface area contributed by atoms with Crippen LogP contribution in [-0.4, -0.2) is 36.0 Å². The molecule has 0 aromatic heterocycles. The van der Waals surface area contributed by atoms with Gasteiger partial charge in [-0.3, -0.25) is 4.79 Å². The molecule has 1 amide bonds. The largest absolute Gasteiger partial charge is 0.494 e. The SMILES string of the molecule is CCOC(=O)C1=C(C)NC(SCC(=O)Nc2ccc(C)cc2C)=N[C@@H]1c1ccccc1OCC. The number of hydrogen-bond donors (Lipinski definition) is 2. The molecule has 34 heavy (non-hydrogen) atoms. The summed E-state index contributed by atoms with van der Waals surface area (Å²) in [4.78, 5) is 30.2. The van der Waals surface area contributed by atoms with Gasteiger partial charge in [0.25, 0.3) is 0 Å². The van der Waals surface area contributed by atoms with Gasteiger partial charge in [-0.2, -0.15) is 0 Å². The molecule has 1 aliphatic heterocycles. The van der Waals surface area contributed by atoms with Gasteiger partial charge in [-0.05, 0) is 52.3 Å². The van der Waals surface area contributed by atoms with Crippen molar-refractivity contribution in [2.24, 2.45) is 4.99 Å². The zero-order valence-corrected chi connectivity index (χ0v) is 21.0. The maximum absolute atomic E-state index is 12.8. The molecule has 0 saturated heterocycles. The molecule has 0 aliphatic carbocycles. The fourth-order valence-electron chi connectivity index (χ4n) is 3.69. The number of nitrogens with one attached hydrogen (secondary N) is 2. The Morgan fingerprint density at radius 3 is 2.56 bits per heavy atom. The fraction of sp³-hybridized carbons (Fsp3) is 0.346. The number of para-hydroxylation sites is 1. The van der Waals surface area contributed by atoms with E-state index in [4.69, 9.17) is 14.5 Å². The topological polar surface area (TPSA) is 89.0 Å². The van der Waals surface area contributed by atoms with Crippen LogP contribution < -0.4 is 15.4 Å². The molecule has 1 heterocycles. The number of amides is 1. The van der Waals surface area contributed by atoms with E-state index in [2.05, 4.69) is 10.6 Å². The van der Waals surface area contributed by atoms with Crippen LogP contribution in [0.2, 0.25) is 0 Å². The minimum Gasteiger partial charge on any atom is -0.494 e. The highest BCUT2D eigenvalue weighted by Gasteiger charge is 2.32. The number of hydrogen-bond acceptors (Lipinski definition) is 7. The van der Waals surface area contributed by atoms with Gasteiger partial charge in [0, 0.05) is 16.9 Å². The van der Waals surface area contributed by atoms with E-state index < -0.39 is 12.0 Å². The predicted molar refractivity (Wildman–Crippen MR) is 137 cm³/mol. The second kappa shape index (κ2) is 11.7. The maximum atomic E-state index is 12.8. The van der Waals surface area contributed by atoms with Crippen molar-refractivity contribution in [2.45, 2.75) is 40.7 Å². The van der Waals surface area contributed by atoms with E-state index >= 15 is 0 Å². The highest BCUT2D eigenvalue weighted by Crippen LogP contribution is 2.37. The summed E-state index contributed by atoms with van der Waals surface area (Å²) in [6, 6.07) is 12.8. The molecule has 2 aromatic rings. The number of aryl methyl sites for hydroxylation is 2. The Kier molecular flexibility index (Phi) is 8.76. The molecule has 8 heteroatoms. The third-order valence-corrected chi connectivity index (χ3v) is 6.11. The summed E-state index contributed by atoms with van der Waals surface area (Å²) in [7, 11) is 0. The number of aliphatic imine (C=N–C) groups is 1. The first-order valence-electron chi connectivity index (χ1n) is 11.3. The molecule has 0 unspecified atom stereocenters. The third kappa shape index (κ3) is 6.20. The first-order chi connectivity index (χ1) is 16.3. The van der Waals surface area contributed by atoms with Crippen LogP contribution in [0.3, 0.4) is 0 Å². The van der Waals surface area contributed by atoms with Crippen LogP contribution in [-0.2, 0) is 14.3 Å². The van der Waals surface area contributed by atoms with Gasteiger partial charge in [-0.15, -0.1) is 0 Å². The first-order valence-corrected chi connectivity index (χ1v) is 12.3. The number of carbonyl (C=O) groups is 2. The van der Waals surface area contributed by atoms with Crippen molar-refractivity contribution >= 4 is 34.5 Å². The van der Waals surface area contributed by atoms with E-state index in [0.29, 0.717) is 28.8 Å². The average molecular weight is 482 g/mol. The third-order valence-electron chi connectivity index (χ3n) is 5.22. The van der Waals surface area contributed by atoms with E-state index in [1.165, 1.54) is 11.8 Å². The fourth-order valence-corrected chi connectivity index (χ4v) is 4.43. The lowest BCUT2D eigenvalue weighted by Crippen LogP contribution is -2.31. The summed E-state index contributed by atoms with van der Waals surface area (Å²) in [6.07, 6.45) is 0. The number of nitrogens with zero attached hydrogens (tertiary/aromatic N) is 1. The minimum atomic E-state index is -0.604. The molecule has 2 N–H and O–H groups in total. The molecule has 180 valence electrons.